The molecule has 1 amide bonds. The van der Waals surface area contributed by atoms with Crippen LogP contribution in [-0.4, -0.2) is 32.4 Å². The summed E-state index contributed by atoms with van der Waals surface area (Å²) in [5, 5.41) is 2.74. The highest BCUT2D eigenvalue weighted by molar-refractivity contribution is 7.92. The van der Waals surface area contributed by atoms with Gasteiger partial charge in [0, 0.05) is 12.2 Å². The molecule has 0 aliphatic rings. The maximum Gasteiger partial charge on any atom is 0.239 e. The summed E-state index contributed by atoms with van der Waals surface area (Å²) in [6.45, 7) is 4.02. The lowest BCUT2D eigenvalue weighted by Crippen LogP contribution is -2.28. The van der Waals surface area contributed by atoms with E-state index < -0.39 is 21.5 Å². The topological polar surface area (TPSA) is 89.3 Å². The number of rotatable bonds is 7. The molecular formula is C14H22N2O3S. The SMILES string of the molecule is CCc1cccc(CC)c1NC(=O)CS(=O)(=O)CCN. The summed E-state index contributed by atoms with van der Waals surface area (Å²) < 4.78 is 23.2. The molecule has 0 aliphatic carbocycles. The van der Waals surface area contributed by atoms with E-state index in [1.54, 1.807) is 0 Å². The Morgan fingerprint density at radius 3 is 2.20 bits per heavy atom. The first-order valence-electron chi connectivity index (χ1n) is 6.74. The molecule has 5 nitrogen and oxygen atoms in total. The molecule has 1 rings (SSSR count). The number of nitrogens with two attached hydrogens (primary N) is 1. The van der Waals surface area contributed by atoms with E-state index in [2.05, 4.69) is 5.32 Å². The van der Waals surface area contributed by atoms with Crippen LogP contribution in [0.1, 0.15) is 25.0 Å². The first kappa shape index (κ1) is 16.7. The zero-order valence-electron chi connectivity index (χ0n) is 12.0. The maximum absolute atomic E-state index is 11.9. The molecule has 0 fully saturated rings. The van der Waals surface area contributed by atoms with Gasteiger partial charge in [-0.1, -0.05) is 32.0 Å². The van der Waals surface area contributed by atoms with Gasteiger partial charge in [-0.25, -0.2) is 8.42 Å². The average Bonchev–Trinajstić information content (AvgIpc) is 2.37. The Hall–Kier alpha value is -1.40. The Morgan fingerprint density at radius 2 is 1.75 bits per heavy atom. The van der Waals surface area contributed by atoms with Crippen LogP contribution in [0.15, 0.2) is 18.2 Å². The largest absolute Gasteiger partial charge is 0.329 e. The van der Waals surface area contributed by atoms with Crippen molar-refractivity contribution >= 4 is 21.4 Å². The van der Waals surface area contributed by atoms with Gasteiger partial charge in [-0.2, -0.15) is 0 Å². The van der Waals surface area contributed by atoms with E-state index in [0.29, 0.717) is 0 Å². The average molecular weight is 298 g/mol. The summed E-state index contributed by atoms with van der Waals surface area (Å²) in [5.41, 5.74) is 7.98. The van der Waals surface area contributed by atoms with E-state index in [1.807, 2.05) is 32.0 Å². The van der Waals surface area contributed by atoms with Crippen molar-refractivity contribution in [2.24, 2.45) is 5.73 Å². The third kappa shape index (κ3) is 4.61. The Labute approximate surface area is 120 Å². The van der Waals surface area contributed by atoms with Crippen molar-refractivity contribution in [3.05, 3.63) is 29.3 Å². The third-order valence-electron chi connectivity index (χ3n) is 3.04. The number of amides is 1. The van der Waals surface area contributed by atoms with E-state index in [9.17, 15) is 13.2 Å². The van der Waals surface area contributed by atoms with Gasteiger partial charge < -0.3 is 11.1 Å². The van der Waals surface area contributed by atoms with Crippen LogP contribution in [-0.2, 0) is 27.5 Å². The summed E-state index contributed by atoms with van der Waals surface area (Å²) >= 11 is 0. The molecular weight excluding hydrogens is 276 g/mol. The smallest absolute Gasteiger partial charge is 0.239 e. The van der Waals surface area contributed by atoms with Crippen LogP contribution in [0.4, 0.5) is 5.69 Å². The number of carbonyl (C=O) groups excluding carboxylic acids is 1. The van der Waals surface area contributed by atoms with Crippen LogP contribution >= 0.6 is 0 Å². The van der Waals surface area contributed by atoms with Crippen LogP contribution in [0.2, 0.25) is 0 Å². The maximum atomic E-state index is 11.9. The second-order valence-electron chi connectivity index (χ2n) is 4.59. The summed E-state index contributed by atoms with van der Waals surface area (Å²) in [6, 6.07) is 5.81. The number of hydrogen-bond donors (Lipinski definition) is 2. The Bertz CT molecular complexity index is 546. The van der Waals surface area contributed by atoms with Crippen LogP contribution in [0.25, 0.3) is 0 Å². The lowest BCUT2D eigenvalue weighted by atomic mass is 10.0. The molecule has 0 atom stereocenters. The van der Waals surface area contributed by atoms with Crippen molar-refractivity contribution in [2.75, 3.05) is 23.4 Å². The molecule has 0 heterocycles. The van der Waals surface area contributed by atoms with Gasteiger partial charge in [0.25, 0.3) is 0 Å². The standard InChI is InChI=1S/C14H22N2O3S/c1-3-11-6-5-7-12(4-2)14(11)16-13(17)10-20(18,19)9-8-15/h5-7H,3-4,8-10,15H2,1-2H3,(H,16,17). The molecule has 0 aromatic heterocycles. The van der Waals surface area contributed by atoms with Crippen LogP contribution in [0, 0.1) is 0 Å². The van der Waals surface area contributed by atoms with E-state index >= 15 is 0 Å². The fourth-order valence-corrected chi connectivity index (χ4v) is 3.01. The molecule has 0 radical (unpaired) electrons. The molecule has 20 heavy (non-hydrogen) atoms. The van der Waals surface area contributed by atoms with E-state index in [0.717, 1.165) is 29.7 Å². The monoisotopic (exact) mass is 298 g/mol. The van der Waals surface area contributed by atoms with Crippen molar-refractivity contribution < 1.29 is 13.2 Å². The number of nitrogens with one attached hydrogen (secondary N) is 1. The van der Waals surface area contributed by atoms with Gasteiger partial charge in [-0.3, -0.25) is 4.79 Å². The highest BCUT2D eigenvalue weighted by Gasteiger charge is 2.17. The van der Waals surface area contributed by atoms with Gasteiger partial charge in [0.05, 0.1) is 5.75 Å². The molecule has 0 saturated carbocycles. The van der Waals surface area contributed by atoms with Crippen molar-refractivity contribution in [3.63, 3.8) is 0 Å². The highest BCUT2D eigenvalue weighted by atomic mass is 32.2. The number of benzene rings is 1. The van der Waals surface area contributed by atoms with Crippen LogP contribution in [0.3, 0.4) is 0 Å². The molecule has 112 valence electrons. The lowest BCUT2D eigenvalue weighted by Gasteiger charge is -2.14. The first-order chi connectivity index (χ1) is 9.43. The fraction of sp³-hybridized carbons (Fsp3) is 0.500. The van der Waals surface area contributed by atoms with Gasteiger partial charge in [0.15, 0.2) is 9.84 Å². The number of carbonyl (C=O) groups is 1. The summed E-state index contributed by atoms with van der Waals surface area (Å²) in [5.74, 6) is -1.20. The zero-order chi connectivity index (χ0) is 15.2. The quantitative estimate of drug-likeness (QED) is 0.789. The summed E-state index contributed by atoms with van der Waals surface area (Å²) in [4.78, 5) is 11.9. The third-order valence-corrected chi connectivity index (χ3v) is 4.60. The number of hydrogen-bond acceptors (Lipinski definition) is 4. The van der Waals surface area contributed by atoms with E-state index in [4.69, 9.17) is 5.73 Å². The second kappa shape index (κ2) is 7.40. The van der Waals surface area contributed by atoms with E-state index in [-0.39, 0.29) is 12.3 Å². The van der Waals surface area contributed by atoms with Crippen molar-refractivity contribution in [2.45, 2.75) is 26.7 Å². The van der Waals surface area contributed by atoms with E-state index in [1.165, 1.54) is 0 Å². The lowest BCUT2D eigenvalue weighted by molar-refractivity contribution is -0.113. The zero-order valence-corrected chi connectivity index (χ0v) is 12.8. The van der Waals surface area contributed by atoms with Crippen LogP contribution in [0.5, 0.6) is 0 Å². The minimum Gasteiger partial charge on any atom is -0.329 e. The minimum atomic E-state index is -3.43. The molecule has 0 spiro atoms. The molecule has 0 saturated heterocycles. The Kier molecular flexibility index (Phi) is 6.16. The van der Waals surface area contributed by atoms with Crippen molar-refractivity contribution in [3.8, 4) is 0 Å². The van der Waals surface area contributed by atoms with Gasteiger partial charge in [0.1, 0.15) is 5.75 Å². The first-order valence-corrected chi connectivity index (χ1v) is 8.56. The molecule has 3 N–H and O–H groups in total. The van der Waals surface area contributed by atoms with Crippen LogP contribution < -0.4 is 11.1 Å². The highest BCUT2D eigenvalue weighted by Crippen LogP contribution is 2.22. The number of sulfone groups is 1. The van der Waals surface area contributed by atoms with Gasteiger partial charge in [-0.15, -0.1) is 0 Å². The number of anilines is 1. The molecule has 1 aromatic rings. The van der Waals surface area contributed by atoms with Gasteiger partial charge >= 0.3 is 0 Å². The molecule has 0 aliphatic heterocycles. The number of para-hydroxylation sites is 1. The Morgan fingerprint density at radius 1 is 1.20 bits per heavy atom. The normalized spacial score (nSPS) is 11.3. The second-order valence-corrected chi connectivity index (χ2v) is 6.77. The minimum absolute atomic E-state index is 0.0291. The number of aryl methyl sites for hydroxylation is 2. The predicted molar refractivity (Wildman–Crippen MR) is 81.5 cm³/mol. The van der Waals surface area contributed by atoms with Gasteiger partial charge in [0.2, 0.25) is 5.91 Å². The van der Waals surface area contributed by atoms with Crippen molar-refractivity contribution in [1.29, 1.82) is 0 Å². The summed E-state index contributed by atoms with van der Waals surface area (Å²) in [7, 11) is -3.43. The predicted octanol–water partition coefficient (Wildman–Crippen LogP) is 1.12. The molecule has 0 bridgehead atoms. The Balaban J connectivity index is 2.90. The molecule has 6 heteroatoms. The molecule has 0 unspecified atom stereocenters. The summed E-state index contributed by atoms with van der Waals surface area (Å²) in [6.07, 6.45) is 1.55. The van der Waals surface area contributed by atoms with Crippen molar-refractivity contribution in [1.82, 2.24) is 0 Å². The molecule has 1 aromatic carbocycles. The fourth-order valence-electron chi connectivity index (χ4n) is 2.03. The van der Waals surface area contributed by atoms with Gasteiger partial charge in [-0.05, 0) is 24.0 Å².